The largest absolute Gasteiger partial charge is 0.311 e. The van der Waals surface area contributed by atoms with Crippen LogP contribution in [0.1, 0.15) is 32.3 Å². The Hall–Kier alpha value is -0.860. The average molecular weight is 246 g/mol. The van der Waals surface area contributed by atoms with E-state index < -0.39 is 0 Å². The van der Waals surface area contributed by atoms with Crippen molar-refractivity contribution in [1.29, 1.82) is 0 Å². The second kappa shape index (κ2) is 6.91. The zero-order valence-electron chi connectivity index (χ0n) is 11.7. The summed E-state index contributed by atoms with van der Waals surface area (Å²) in [7, 11) is 0. The molecule has 0 radical (unpaired) electrons. The van der Waals surface area contributed by atoms with E-state index in [0.29, 0.717) is 6.04 Å². The molecule has 0 saturated carbocycles. The predicted octanol–water partition coefficient (Wildman–Crippen LogP) is 2.69. The van der Waals surface area contributed by atoms with Crippen LogP contribution >= 0.6 is 0 Å². The van der Waals surface area contributed by atoms with E-state index in [-0.39, 0.29) is 0 Å². The van der Waals surface area contributed by atoms with Crippen LogP contribution in [0.25, 0.3) is 0 Å². The lowest BCUT2D eigenvalue weighted by Crippen LogP contribution is -2.54. The number of nitrogens with zero attached hydrogens (tertiary/aromatic N) is 1. The van der Waals surface area contributed by atoms with Gasteiger partial charge in [0.25, 0.3) is 0 Å². The Morgan fingerprint density at radius 2 is 2.11 bits per heavy atom. The van der Waals surface area contributed by atoms with Crippen LogP contribution in [0.4, 0.5) is 0 Å². The van der Waals surface area contributed by atoms with E-state index in [1.54, 1.807) is 0 Å². The van der Waals surface area contributed by atoms with Gasteiger partial charge < -0.3 is 5.32 Å². The van der Waals surface area contributed by atoms with Gasteiger partial charge in [-0.05, 0) is 25.3 Å². The molecule has 1 aliphatic rings. The van der Waals surface area contributed by atoms with Crippen LogP contribution in [0.15, 0.2) is 30.3 Å². The first kappa shape index (κ1) is 13.6. The van der Waals surface area contributed by atoms with Crippen LogP contribution < -0.4 is 5.32 Å². The van der Waals surface area contributed by atoms with E-state index in [2.05, 4.69) is 54.4 Å². The molecule has 2 unspecified atom stereocenters. The third-order valence-corrected chi connectivity index (χ3v) is 3.94. The van der Waals surface area contributed by atoms with Crippen molar-refractivity contribution in [2.45, 2.75) is 45.2 Å². The van der Waals surface area contributed by atoms with Gasteiger partial charge in [0.2, 0.25) is 0 Å². The molecule has 0 aliphatic carbocycles. The third-order valence-electron chi connectivity index (χ3n) is 3.94. The Morgan fingerprint density at radius 1 is 1.33 bits per heavy atom. The Bertz CT molecular complexity index is 336. The maximum Gasteiger partial charge on any atom is 0.0236 e. The number of hydrogen-bond acceptors (Lipinski definition) is 2. The van der Waals surface area contributed by atoms with Crippen LogP contribution in [0.2, 0.25) is 0 Å². The van der Waals surface area contributed by atoms with Crippen molar-refractivity contribution in [3.63, 3.8) is 0 Å². The highest BCUT2D eigenvalue weighted by Gasteiger charge is 2.22. The van der Waals surface area contributed by atoms with E-state index in [4.69, 9.17) is 0 Å². The minimum absolute atomic E-state index is 0.612. The summed E-state index contributed by atoms with van der Waals surface area (Å²) < 4.78 is 0. The molecule has 0 bridgehead atoms. The molecule has 1 heterocycles. The zero-order valence-corrected chi connectivity index (χ0v) is 11.7. The van der Waals surface area contributed by atoms with Gasteiger partial charge in [0.1, 0.15) is 0 Å². The number of piperazine rings is 1. The molecule has 1 aromatic carbocycles. The highest BCUT2D eigenvalue weighted by molar-refractivity contribution is 5.16. The fourth-order valence-electron chi connectivity index (χ4n) is 2.89. The second-order valence-corrected chi connectivity index (χ2v) is 5.47. The number of hydrogen-bond donors (Lipinski definition) is 1. The van der Waals surface area contributed by atoms with Gasteiger partial charge in [-0.2, -0.15) is 0 Å². The minimum atomic E-state index is 0.612. The van der Waals surface area contributed by atoms with Crippen molar-refractivity contribution >= 4 is 0 Å². The fraction of sp³-hybridized carbons (Fsp3) is 0.625. The van der Waals surface area contributed by atoms with Crippen LogP contribution in [-0.4, -0.2) is 36.6 Å². The summed E-state index contributed by atoms with van der Waals surface area (Å²) in [5.74, 6) is 0. The van der Waals surface area contributed by atoms with Gasteiger partial charge in [-0.15, -0.1) is 0 Å². The molecule has 2 nitrogen and oxygen atoms in total. The van der Waals surface area contributed by atoms with Crippen LogP contribution in [0.5, 0.6) is 0 Å². The fourth-order valence-corrected chi connectivity index (χ4v) is 2.89. The monoisotopic (exact) mass is 246 g/mol. The van der Waals surface area contributed by atoms with Crippen LogP contribution in [0.3, 0.4) is 0 Å². The molecule has 2 heteroatoms. The first-order valence-electron chi connectivity index (χ1n) is 7.31. The standard InChI is InChI=1S/C16H26N2/c1-3-7-14(2)18-11-10-17-16(13-18)12-15-8-5-4-6-9-15/h4-6,8-9,14,16-17H,3,7,10-13H2,1-2H3. The van der Waals surface area contributed by atoms with E-state index in [0.717, 1.165) is 19.0 Å². The van der Waals surface area contributed by atoms with E-state index in [9.17, 15) is 0 Å². The van der Waals surface area contributed by atoms with Gasteiger partial charge in [0, 0.05) is 31.7 Å². The zero-order chi connectivity index (χ0) is 12.8. The molecule has 1 N–H and O–H groups in total. The summed E-state index contributed by atoms with van der Waals surface area (Å²) in [6.07, 6.45) is 3.75. The smallest absolute Gasteiger partial charge is 0.0236 e. The molecule has 1 fully saturated rings. The van der Waals surface area contributed by atoms with Crippen molar-refractivity contribution in [2.75, 3.05) is 19.6 Å². The van der Waals surface area contributed by atoms with Crippen LogP contribution in [0, 0.1) is 0 Å². The molecule has 2 rings (SSSR count). The molecule has 18 heavy (non-hydrogen) atoms. The van der Waals surface area contributed by atoms with E-state index in [1.165, 1.54) is 31.5 Å². The first-order chi connectivity index (χ1) is 8.79. The van der Waals surface area contributed by atoms with Gasteiger partial charge in [0.05, 0.1) is 0 Å². The van der Waals surface area contributed by atoms with Gasteiger partial charge in [-0.3, -0.25) is 4.90 Å². The molecule has 1 aliphatic heterocycles. The maximum absolute atomic E-state index is 3.65. The lowest BCUT2D eigenvalue weighted by Gasteiger charge is -2.37. The summed E-state index contributed by atoms with van der Waals surface area (Å²) >= 11 is 0. The Morgan fingerprint density at radius 3 is 2.83 bits per heavy atom. The minimum Gasteiger partial charge on any atom is -0.311 e. The number of rotatable bonds is 5. The molecule has 1 saturated heterocycles. The summed E-state index contributed by atoms with van der Waals surface area (Å²) in [5.41, 5.74) is 1.44. The molecule has 0 spiro atoms. The number of benzene rings is 1. The van der Waals surface area contributed by atoms with E-state index in [1.807, 2.05) is 0 Å². The highest BCUT2D eigenvalue weighted by Crippen LogP contribution is 2.12. The third kappa shape index (κ3) is 3.82. The summed E-state index contributed by atoms with van der Waals surface area (Å²) in [5, 5.41) is 3.65. The first-order valence-corrected chi connectivity index (χ1v) is 7.31. The average Bonchev–Trinajstić information content (AvgIpc) is 2.40. The SMILES string of the molecule is CCCC(C)N1CCNC(Cc2ccccc2)C1. The van der Waals surface area contributed by atoms with Gasteiger partial charge in [-0.25, -0.2) is 0 Å². The number of nitrogens with one attached hydrogen (secondary N) is 1. The normalized spacial score (nSPS) is 22.9. The van der Waals surface area contributed by atoms with Gasteiger partial charge >= 0.3 is 0 Å². The predicted molar refractivity (Wildman–Crippen MR) is 77.9 cm³/mol. The molecular formula is C16H26N2. The summed E-state index contributed by atoms with van der Waals surface area (Å²) in [6.45, 7) is 8.17. The van der Waals surface area contributed by atoms with Crippen molar-refractivity contribution in [3.8, 4) is 0 Å². The molecule has 0 aromatic heterocycles. The van der Waals surface area contributed by atoms with Crippen molar-refractivity contribution in [3.05, 3.63) is 35.9 Å². The second-order valence-electron chi connectivity index (χ2n) is 5.47. The maximum atomic E-state index is 3.65. The van der Waals surface area contributed by atoms with Crippen molar-refractivity contribution in [2.24, 2.45) is 0 Å². The van der Waals surface area contributed by atoms with E-state index >= 15 is 0 Å². The lowest BCUT2D eigenvalue weighted by atomic mass is 10.0. The Balaban J connectivity index is 1.87. The topological polar surface area (TPSA) is 15.3 Å². The molecule has 100 valence electrons. The van der Waals surface area contributed by atoms with Crippen molar-refractivity contribution in [1.82, 2.24) is 10.2 Å². The van der Waals surface area contributed by atoms with Gasteiger partial charge in [-0.1, -0.05) is 43.7 Å². The highest BCUT2D eigenvalue weighted by atomic mass is 15.2. The summed E-state index contributed by atoms with van der Waals surface area (Å²) in [4.78, 5) is 2.65. The molecule has 0 amide bonds. The Labute approximate surface area is 111 Å². The molecule has 1 aromatic rings. The Kier molecular flexibility index (Phi) is 5.21. The summed E-state index contributed by atoms with van der Waals surface area (Å²) in [6, 6.07) is 12.2. The van der Waals surface area contributed by atoms with Gasteiger partial charge in [0.15, 0.2) is 0 Å². The quantitative estimate of drug-likeness (QED) is 0.859. The molecule has 2 atom stereocenters. The van der Waals surface area contributed by atoms with Crippen molar-refractivity contribution < 1.29 is 0 Å². The lowest BCUT2D eigenvalue weighted by molar-refractivity contribution is 0.145. The molecular weight excluding hydrogens is 220 g/mol. The van der Waals surface area contributed by atoms with Crippen LogP contribution in [-0.2, 0) is 6.42 Å².